The fraction of sp³-hybridized carbons (Fsp3) is 0.208. The maximum atomic E-state index is 12.6. The van der Waals surface area contributed by atoms with Crippen LogP contribution in [0.15, 0.2) is 54.6 Å². The summed E-state index contributed by atoms with van der Waals surface area (Å²) in [4.78, 5) is 26.0. The van der Waals surface area contributed by atoms with E-state index < -0.39 is 0 Å². The number of hydrogen-bond acceptors (Lipinski definition) is 4. The number of urea groups is 1. The Kier molecular flexibility index (Phi) is 6.08. The first-order valence-electron chi connectivity index (χ1n) is 10.2. The summed E-state index contributed by atoms with van der Waals surface area (Å²) in [5.74, 6) is 6.41. The minimum absolute atomic E-state index is 0.0874. The van der Waals surface area contributed by atoms with Gasteiger partial charge in [0.2, 0.25) is 0 Å². The van der Waals surface area contributed by atoms with Crippen molar-refractivity contribution in [1.29, 1.82) is 0 Å². The molecule has 1 aliphatic heterocycles. The predicted molar refractivity (Wildman–Crippen MR) is 122 cm³/mol. The Morgan fingerprint density at radius 2 is 2.00 bits per heavy atom. The Balaban J connectivity index is 1.37. The van der Waals surface area contributed by atoms with Crippen LogP contribution in [0.4, 0.5) is 10.5 Å². The van der Waals surface area contributed by atoms with Crippen LogP contribution in [0.5, 0.6) is 5.75 Å². The Labute approximate surface area is 186 Å². The molecule has 0 spiro atoms. The van der Waals surface area contributed by atoms with Crippen LogP contribution in [-0.2, 0) is 7.05 Å². The van der Waals surface area contributed by atoms with Crippen molar-refractivity contribution in [2.24, 2.45) is 7.05 Å². The first-order valence-corrected chi connectivity index (χ1v) is 10.2. The number of carbonyl (C=O) groups excluding carboxylic acids is 2. The van der Waals surface area contributed by atoms with E-state index in [4.69, 9.17) is 4.74 Å². The molecule has 2 aromatic carbocycles. The highest BCUT2D eigenvalue weighted by atomic mass is 16.5. The number of carbonyl (C=O) groups is 2. The highest BCUT2D eigenvalue weighted by Gasteiger charge is 2.20. The zero-order valence-corrected chi connectivity index (χ0v) is 17.9. The number of nitrogens with zero attached hydrogens (tertiary/aromatic N) is 3. The molecule has 8 nitrogen and oxygen atoms in total. The van der Waals surface area contributed by atoms with Crippen molar-refractivity contribution in [2.75, 3.05) is 31.6 Å². The standard InChI is InChI=1S/C24H23N5O3/c1-28-21(16-20(27-28)19-7-3-4-8-22(19)32-2)23(30)25-13-5-6-17-9-11-18(12-10-17)29-15-14-26-24(29)31/h3-4,7-12,16H,13-15H2,1-2H3,(H,25,30)(H,26,31). The molecule has 0 atom stereocenters. The molecule has 0 radical (unpaired) electrons. The average molecular weight is 429 g/mol. The number of ether oxygens (including phenoxy) is 1. The summed E-state index contributed by atoms with van der Waals surface area (Å²) >= 11 is 0. The van der Waals surface area contributed by atoms with Crippen LogP contribution in [0.2, 0.25) is 0 Å². The van der Waals surface area contributed by atoms with Crippen LogP contribution in [-0.4, -0.2) is 48.5 Å². The molecule has 2 heterocycles. The maximum absolute atomic E-state index is 12.6. The second kappa shape index (κ2) is 9.27. The van der Waals surface area contributed by atoms with Gasteiger partial charge in [0.05, 0.1) is 19.3 Å². The third kappa shape index (κ3) is 4.42. The van der Waals surface area contributed by atoms with E-state index in [1.54, 1.807) is 25.1 Å². The Hall–Kier alpha value is -4.25. The van der Waals surface area contributed by atoms with E-state index in [0.29, 0.717) is 30.2 Å². The van der Waals surface area contributed by atoms with Crippen molar-refractivity contribution in [3.63, 3.8) is 0 Å². The molecule has 0 saturated carbocycles. The quantitative estimate of drug-likeness (QED) is 0.610. The van der Waals surface area contributed by atoms with Crippen molar-refractivity contribution in [1.82, 2.24) is 20.4 Å². The van der Waals surface area contributed by atoms with Gasteiger partial charge in [0, 0.05) is 37.0 Å². The van der Waals surface area contributed by atoms with E-state index in [2.05, 4.69) is 27.6 Å². The van der Waals surface area contributed by atoms with Gasteiger partial charge in [-0.15, -0.1) is 0 Å². The third-order valence-electron chi connectivity index (χ3n) is 5.10. The molecule has 3 amide bonds. The van der Waals surface area contributed by atoms with Crippen LogP contribution in [0.25, 0.3) is 11.3 Å². The maximum Gasteiger partial charge on any atom is 0.321 e. The van der Waals surface area contributed by atoms with Crippen LogP contribution in [0.3, 0.4) is 0 Å². The summed E-state index contributed by atoms with van der Waals surface area (Å²) in [5, 5.41) is 10.0. The van der Waals surface area contributed by atoms with Crippen molar-refractivity contribution in [2.45, 2.75) is 0 Å². The monoisotopic (exact) mass is 429 g/mol. The van der Waals surface area contributed by atoms with E-state index in [0.717, 1.165) is 16.8 Å². The molecule has 1 aliphatic rings. The summed E-state index contributed by atoms with van der Waals surface area (Å²) in [5.41, 5.74) is 3.55. The van der Waals surface area contributed by atoms with Gasteiger partial charge in [0.1, 0.15) is 11.4 Å². The third-order valence-corrected chi connectivity index (χ3v) is 5.10. The summed E-state index contributed by atoms with van der Waals surface area (Å²) < 4.78 is 6.92. The Morgan fingerprint density at radius 3 is 2.72 bits per heavy atom. The average Bonchev–Trinajstić information content (AvgIpc) is 3.42. The summed E-state index contributed by atoms with van der Waals surface area (Å²) in [6, 6.07) is 16.6. The van der Waals surface area contributed by atoms with Gasteiger partial charge in [0.15, 0.2) is 0 Å². The van der Waals surface area contributed by atoms with Crippen molar-refractivity contribution >= 4 is 17.6 Å². The number of rotatable bonds is 5. The molecule has 0 bridgehead atoms. The molecule has 162 valence electrons. The van der Waals surface area contributed by atoms with Gasteiger partial charge >= 0.3 is 6.03 Å². The molecule has 3 aromatic rings. The van der Waals surface area contributed by atoms with E-state index in [1.807, 2.05) is 48.5 Å². The molecule has 4 rings (SSSR count). The fourth-order valence-corrected chi connectivity index (χ4v) is 3.47. The number of anilines is 1. The second-order valence-corrected chi connectivity index (χ2v) is 7.15. The molecule has 0 aliphatic carbocycles. The largest absolute Gasteiger partial charge is 0.496 e. The number of benzene rings is 2. The summed E-state index contributed by atoms with van der Waals surface area (Å²) in [6.45, 7) is 1.50. The topological polar surface area (TPSA) is 88.5 Å². The van der Waals surface area contributed by atoms with E-state index >= 15 is 0 Å². The second-order valence-electron chi connectivity index (χ2n) is 7.15. The molecule has 1 aromatic heterocycles. The molecule has 2 N–H and O–H groups in total. The van der Waals surface area contributed by atoms with E-state index in [9.17, 15) is 9.59 Å². The number of amides is 3. The van der Waals surface area contributed by atoms with Crippen LogP contribution < -0.4 is 20.3 Å². The lowest BCUT2D eigenvalue weighted by atomic mass is 10.1. The zero-order valence-electron chi connectivity index (χ0n) is 17.9. The minimum Gasteiger partial charge on any atom is -0.496 e. The number of para-hydroxylation sites is 1. The van der Waals surface area contributed by atoms with E-state index in [-0.39, 0.29) is 18.5 Å². The van der Waals surface area contributed by atoms with Crippen molar-refractivity contribution in [3.8, 4) is 28.8 Å². The summed E-state index contributed by atoms with van der Waals surface area (Å²) in [6.07, 6.45) is 0. The predicted octanol–water partition coefficient (Wildman–Crippen LogP) is 2.41. The molecule has 32 heavy (non-hydrogen) atoms. The van der Waals surface area contributed by atoms with Gasteiger partial charge in [-0.05, 0) is 42.5 Å². The molecular weight excluding hydrogens is 406 g/mol. The highest BCUT2D eigenvalue weighted by molar-refractivity contribution is 5.94. The molecule has 8 heteroatoms. The number of methoxy groups -OCH3 is 1. The Bertz CT molecular complexity index is 1200. The minimum atomic E-state index is -0.258. The van der Waals surface area contributed by atoms with Crippen LogP contribution in [0.1, 0.15) is 16.1 Å². The van der Waals surface area contributed by atoms with Crippen molar-refractivity contribution < 1.29 is 14.3 Å². The Morgan fingerprint density at radius 1 is 1.22 bits per heavy atom. The van der Waals surface area contributed by atoms with Gasteiger partial charge in [-0.3, -0.25) is 14.4 Å². The number of nitrogens with one attached hydrogen (secondary N) is 2. The summed E-state index contributed by atoms with van der Waals surface area (Å²) in [7, 11) is 3.33. The number of hydrogen-bond donors (Lipinski definition) is 2. The van der Waals surface area contributed by atoms with Crippen molar-refractivity contribution in [3.05, 3.63) is 65.9 Å². The fourth-order valence-electron chi connectivity index (χ4n) is 3.47. The van der Waals surface area contributed by atoms with Gasteiger partial charge in [-0.25, -0.2) is 4.79 Å². The zero-order chi connectivity index (χ0) is 22.5. The first kappa shape index (κ1) is 21.0. The molecule has 1 fully saturated rings. The smallest absolute Gasteiger partial charge is 0.321 e. The highest BCUT2D eigenvalue weighted by Crippen LogP contribution is 2.28. The SMILES string of the molecule is COc1ccccc1-c1cc(C(=O)NCC#Cc2ccc(N3CCNC3=O)cc2)n(C)n1. The van der Waals surface area contributed by atoms with Gasteiger partial charge in [0.25, 0.3) is 5.91 Å². The van der Waals surface area contributed by atoms with Gasteiger partial charge < -0.3 is 15.4 Å². The first-order chi connectivity index (χ1) is 15.6. The lowest BCUT2D eigenvalue weighted by Crippen LogP contribution is -2.27. The molecular formula is C24H23N5O3. The lowest BCUT2D eigenvalue weighted by Gasteiger charge is -2.13. The lowest BCUT2D eigenvalue weighted by molar-refractivity contribution is 0.0949. The molecule has 1 saturated heterocycles. The van der Waals surface area contributed by atoms with Gasteiger partial charge in [-0.1, -0.05) is 24.0 Å². The van der Waals surface area contributed by atoms with Crippen LogP contribution >= 0.6 is 0 Å². The van der Waals surface area contributed by atoms with Crippen LogP contribution in [0, 0.1) is 11.8 Å². The number of aromatic nitrogens is 2. The van der Waals surface area contributed by atoms with E-state index in [1.165, 1.54) is 4.68 Å². The number of aryl methyl sites for hydroxylation is 1. The normalized spacial score (nSPS) is 12.7. The van der Waals surface area contributed by atoms with Gasteiger partial charge in [-0.2, -0.15) is 5.10 Å². The molecule has 0 unspecified atom stereocenters.